The summed E-state index contributed by atoms with van der Waals surface area (Å²) in [5, 5.41) is 0. The van der Waals surface area contributed by atoms with Crippen molar-refractivity contribution in [2.24, 2.45) is 0 Å². The van der Waals surface area contributed by atoms with Gasteiger partial charge in [0.15, 0.2) is 0 Å². The van der Waals surface area contributed by atoms with Crippen molar-refractivity contribution < 1.29 is 17.6 Å². The monoisotopic (exact) mass is 402 g/mol. The molecule has 0 fully saturated rings. The van der Waals surface area contributed by atoms with Crippen LogP contribution in [0.25, 0.3) is 16.8 Å². The number of imidazole rings is 1. The lowest BCUT2D eigenvalue weighted by Crippen LogP contribution is -2.17. The Bertz CT molecular complexity index is 1230. The second-order valence-corrected chi connectivity index (χ2v) is 6.55. The van der Waals surface area contributed by atoms with Crippen molar-refractivity contribution in [1.29, 1.82) is 0 Å². The Labute approximate surface area is 161 Å². The van der Waals surface area contributed by atoms with Crippen molar-refractivity contribution in [1.82, 2.24) is 19.4 Å². The van der Waals surface area contributed by atoms with Gasteiger partial charge in [0.1, 0.15) is 17.8 Å². The summed E-state index contributed by atoms with van der Waals surface area (Å²) in [4.78, 5) is 22.4. The predicted molar refractivity (Wildman–Crippen MR) is 98.0 cm³/mol. The van der Waals surface area contributed by atoms with Crippen LogP contribution in [-0.2, 0) is 12.8 Å². The first-order chi connectivity index (χ1) is 13.8. The molecule has 0 aliphatic carbocycles. The molecule has 5 nitrogen and oxygen atoms in total. The summed E-state index contributed by atoms with van der Waals surface area (Å²) >= 11 is 0. The van der Waals surface area contributed by atoms with E-state index >= 15 is 0 Å². The molecule has 0 bridgehead atoms. The molecule has 9 heteroatoms. The van der Waals surface area contributed by atoms with Gasteiger partial charge in [0.25, 0.3) is 5.56 Å². The zero-order valence-corrected chi connectivity index (χ0v) is 14.9. The van der Waals surface area contributed by atoms with Crippen LogP contribution in [0.1, 0.15) is 17.1 Å². The van der Waals surface area contributed by atoms with E-state index in [4.69, 9.17) is 0 Å². The molecular weight excluding hydrogens is 388 g/mol. The SMILES string of the molecule is O=c1[nH]c(Cc2ccc(-c3cccc(F)n3)cc2)cn2c(CC(F)(F)F)ncc12. The predicted octanol–water partition coefficient (Wildman–Crippen LogP) is 3.92. The molecule has 0 aliphatic rings. The van der Waals surface area contributed by atoms with Crippen molar-refractivity contribution in [2.45, 2.75) is 19.0 Å². The molecule has 148 valence electrons. The Morgan fingerprint density at radius 3 is 2.52 bits per heavy atom. The van der Waals surface area contributed by atoms with Crippen LogP contribution in [-0.4, -0.2) is 25.5 Å². The van der Waals surface area contributed by atoms with Gasteiger partial charge in [-0.15, -0.1) is 0 Å². The molecule has 29 heavy (non-hydrogen) atoms. The lowest BCUT2D eigenvalue weighted by atomic mass is 10.1. The summed E-state index contributed by atoms with van der Waals surface area (Å²) in [5.41, 5.74) is 2.02. The van der Waals surface area contributed by atoms with Crippen LogP contribution in [0.5, 0.6) is 0 Å². The highest BCUT2D eigenvalue weighted by molar-refractivity contribution is 5.59. The van der Waals surface area contributed by atoms with Crippen molar-refractivity contribution >= 4 is 5.52 Å². The van der Waals surface area contributed by atoms with Crippen LogP contribution in [0.3, 0.4) is 0 Å². The highest BCUT2D eigenvalue weighted by Crippen LogP contribution is 2.22. The van der Waals surface area contributed by atoms with Gasteiger partial charge < -0.3 is 4.98 Å². The third kappa shape index (κ3) is 4.18. The molecule has 0 radical (unpaired) electrons. The third-order valence-electron chi connectivity index (χ3n) is 4.38. The van der Waals surface area contributed by atoms with E-state index in [0.717, 1.165) is 17.3 Å². The Morgan fingerprint density at radius 2 is 1.83 bits per heavy atom. The quantitative estimate of drug-likeness (QED) is 0.416. The number of pyridine rings is 1. The van der Waals surface area contributed by atoms with E-state index in [2.05, 4.69) is 15.0 Å². The number of nitrogens with one attached hydrogen (secondary N) is 1. The fourth-order valence-corrected chi connectivity index (χ4v) is 3.09. The van der Waals surface area contributed by atoms with E-state index in [9.17, 15) is 22.4 Å². The minimum absolute atomic E-state index is 0.0560. The minimum Gasteiger partial charge on any atom is -0.323 e. The van der Waals surface area contributed by atoms with E-state index in [0.29, 0.717) is 17.8 Å². The summed E-state index contributed by atoms with van der Waals surface area (Å²) in [7, 11) is 0. The highest BCUT2D eigenvalue weighted by atomic mass is 19.4. The molecule has 0 aliphatic heterocycles. The van der Waals surface area contributed by atoms with Crippen LogP contribution < -0.4 is 5.56 Å². The van der Waals surface area contributed by atoms with Gasteiger partial charge in [0.05, 0.1) is 11.9 Å². The molecule has 0 saturated carbocycles. The van der Waals surface area contributed by atoms with Crippen LogP contribution in [0.15, 0.2) is 59.7 Å². The van der Waals surface area contributed by atoms with Gasteiger partial charge >= 0.3 is 6.18 Å². The van der Waals surface area contributed by atoms with E-state index in [1.54, 1.807) is 36.4 Å². The number of nitrogens with zero attached hydrogens (tertiary/aromatic N) is 3. The number of hydrogen-bond donors (Lipinski definition) is 1. The number of alkyl halides is 3. The number of benzene rings is 1. The number of hydrogen-bond acceptors (Lipinski definition) is 3. The third-order valence-corrected chi connectivity index (χ3v) is 4.38. The Morgan fingerprint density at radius 1 is 1.07 bits per heavy atom. The van der Waals surface area contributed by atoms with Gasteiger partial charge in [-0.05, 0) is 17.7 Å². The van der Waals surface area contributed by atoms with Gasteiger partial charge in [-0.1, -0.05) is 30.3 Å². The molecular formula is C20H14F4N4O. The normalized spacial score (nSPS) is 11.9. The van der Waals surface area contributed by atoms with Crippen molar-refractivity contribution in [3.8, 4) is 11.3 Å². The van der Waals surface area contributed by atoms with Crippen LogP contribution in [0, 0.1) is 5.95 Å². The molecule has 0 amide bonds. The maximum atomic E-state index is 13.3. The summed E-state index contributed by atoms with van der Waals surface area (Å²) in [6, 6.07) is 11.6. The summed E-state index contributed by atoms with van der Waals surface area (Å²) in [6.07, 6.45) is -2.77. The zero-order chi connectivity index (χ0) is 20.6. The topological polar surface area (TPSA) is 63.0 Å². The standard InChI is InChI=1S/C20H14F4N4O/c21-17-3-1-2-15(27-17)13-6-4-12(5-7-13)8-14-11-28-16(19(29)26-14)10-25-18(28)9-20(22,23)24/h1-7,10-11H,8-9H2,(H,26,29). The Balaban J connectivity index is 1.62. The molecule has 0 unspecified atom stereocenters. The second-order valence-electron chi connectivity index (χ2n) is 6.55. The van der Waals surface area contributed by atoms with Crippen LogP contribution in [0.2, 0.25) is 0 Å². The molecule has 4 rings (SSSR count). The average molecular weight is 402 g/mol. The number of halogens is 4. The Kier molecular flexibility index (Phi) is 4.65. The number of fused-ring (bicyclic) bond motifs is 1. The van der Waals surface area contributed by atoms with Gasteiger partial charge in [0.2, 0.25) is 5.95 Å². The smallest absolute Gasteiger partial charge is 0.323 e. The molecule has 3 aromatic heterocycles. The zero-order valence-electron chi connectivity index (χ0n) is 14.9. The number of aromatic nitrogens is 4. The number of rotatable bonds is 4. The number of H-pyrrole nitrogens is 1. The van der Waals surface area contributed by atoms with Crippen molar-refractivity contribution in [3.05, 3.63) is 88.2 Å². The molecule has 4 aromatic rings. The molecule has 0 spiro atoms. The van der Waals surface area contributed by atoms with E-state index in [1.807, 2.05) is 0 Å². The van der Waals surface area contributed by atoms with E-state index in [-0.39, 0.29) is 11.3 Å². The van der Waals surface area contributed by atoms with Gasteiger partial charge in [-0.3, -0.25) is 9.20 Å². The van der Waals surface area contributed by atoms with Crippen molar-refractivity contribution in [3.63, 3.8) is 0 Å². The fraction of sp³-hybridized carbons (Fsp3) is 0.150. The minimum atomic E-state index is -4.43. The lowest BCUT2D eigenvalue weighted by molar-refractivity contribution is -0.128. The summed E-state index contributed by atoms with van der Waals surface area (Å²) in [5.74, 6) is -0.820. The second kappa shape index (κ2) is 7.16. The molecule has 0 saturated heterocycles. The van der Waals surface area contributed by atoms with Gasteiger partial charge in [0, 0.05) is 23.9 Å². The van der Waals surface area contributed by atoms with E-state index in [1.165, 1.54) is 16.7 Å². The largest absolute Gasteiger partial charge is 0.396 e. The van der Waals surface area contributed by atoms with Gasteiger partial charge in [-0.2, -0.15) is 17.6 Å². The lowest BCUT2D eigenvalue weighted by Gasteiger charge is -2.08. The highest BCUT2D eigenvalue weighted by Gasteiger charge is 2.30. The maximum absolute atomic E-state index is 13.3. The molecule has 0 atom stereocenters. The molecule has 1 aromatic carbocycles. The van der Waals surface area contributed by atoms with Crippen LogP contribution in [0.4, 0.5) is 17.6 Å². The summed E-state index contributed by atoms with van der Waals surface area (Å²) in [6.45, 7) is 0. The Hall–Kier alpha value is -3.49. The van der Waals surface area contributed by atoms with Gasteiger partial charge in [-0.25, -0.2) is 9.97 Å². The average Bonchev–Trinajstić information content (AvgIpc) is 3.04. The molecule has 1 N–H and O–H groups in total. The molecule has 3 heterocycles. The first-order valence-electron chi connectivity index (χ1n) is 8.65. The first kappa shape index (κ1) is 18.9. The maximum Gasteiger partial charge on any atom is 0.396 e. The first-order valence-corrected chi connectivity index (χ1v) is 8.65. The summed E-state index contributed by atoms with van der Waals surface area (Å²) < 4.78 is 52.6. The number of aromatic amines is 1. The van der Waals surface area contributed by atoms with Crippen LogP contribution >= 0.6 is 0 Å². The van der Waals surface area contributed by atoms with Crippen molar-refractivity contribution in [2.75, 3.05) is 0 Å². The van der Waals surface area contributed by atoms with E-state index < -0.39 is 24.1 Å². The fourth-order valence-electron chi connectivity index (χ4n) is 3.09.